The number of hydrogen-bond acceptors (Lipinski definition) is 10. The van der Waals surface area contributed by atoms with Crippen molar-refractivity contribution in [3.05, 3.63) is 98.6 Å². The Hall–Kier alpha value is -4.07. The molecule has 0 amide bonds. The Bertz CT molecular complexity index is 1800. The van der Waals surface area contributed by atoms with Crippen LogP contribution in [0, 0.1) is 6.92 Å². The fourth-order valence-corrected chi connectivity index (χ4v) is 6.15. The maximum absolute atomic E-state index is 12.7. The SMILES string of the molecule is CCC(C)n1ncn(-c2ccc(NCCNc3ccc(OC[C@@H]4CO[C@@](CN5N=CCN5)(c5ccc(Cl)cc5Cl)O4)c(C)c3)cc2)c1=O. The lowest BCUT2D eigenvalue weighted by Crippen LogP contribution is -2.44. The fourth-order valence-electron chi connectivity index (χ4n) is 5.60. The van der Waals surface area contributed by atoms with Gasteiger partial charge in [0, 0.05) is 41.3 Å². The fraction of sp³-hybridized carbons (Fsp3) is 0.382. The van der Waals surface area contributed by atoms with E-state index in [1.807, 2.05) is 63.2 Å². The monoisotopic (exact) mass is 694 g/mol. The van der Waals surface area contributed by atoms with Crippen molar-refractivity contribution in [2.75, 3.05) is 50.0 Å². The van der Waals surface area contributed by atoms with E-state index < -0.39 is 5.79 Å². The van der Waals surface area contributed by atoms with Crippen molar-refractivity contribution < 1.29 is 14.2 Å². The van der Waals surface area contributed by atoms with Gasteiger partial charge in [-0.2, -0.15) is 10.2 Å². The van der Waals surface area contributed by atoms with E-state index in [0.717, 1.165) is 34.8 Å². The molecule has 4 aromatic rings. The van der Waals surface area contributed by atoms with E-state index in [4.69, 9.17) is 37.4 Å². The number of nitrogens with zero attached hydrogens (tertiary/aromatic N) is 5. The van der Waals surface area contributed by atoms with Gasteiger partial charge in [0.05, 0.1) is 29.9 Å². The van der Waals surface area contributed by atoms with E-state index in [0.29, 0.717) is 55.0 Å². The van der Waals surface area contributed by atoms with Gasteiger partial charge in [-0.25, -0.2) is 24.6 Å². The number of nitrogens with one attached hydrogen (secondary N) is 3. The molecule has 14 heteroatoms. The second-order valence-corrected chi connectivity index (χ2v) is 12.7. The number of hydrogen-bond donors (Lipinski definition) is 3. The molecule has 3 N–H and O–H groups in total. The summed E-state index contributed by atoms with van der Waals surface area (Å²) in [6.07, 6.45) is 3.86. The van der Waals surface area contributed by atoms with Gasteiger partial charge in [-0.3, -0.25) is 0 Å². The van der Waals surface area contributed by atoms with Crippen LogP contribution in [-0.4, -0.2) is 71.2 Å². The molecule has 2 aliphatic rings. The number of rotatable bonds is 14. The number of aryl methyl sites for hydroxylation is 1. The maximum Gasteiger partial charge on any atom is 0.350 e. The number of aromatic nitrogens is 3. The molecule has 0 bridgehead atoms. The van der Waals surface area contributed by atoms with Gasteiger partial charge in [0.1, 0.15) is 31.3 Å². The molecule has 3 aromatic carbocycles. The topological polar surface area (TPSA) is 119 Å². The molecule has 254 valence electrons. The smallest absolute Gasteiger partial charge is 0.350 e. The number of hydrazone groups is 1. The lowest BCUT2D eigenvalue weighted by Gasteiger charge is -2.32. The molecular formula is C34H40Cl2N8O4. The number of anilines is 2. The van der Waals surface area contributed by atoms with Gasteiger partial charge in [0.25, 0.3) is 0 Å². The quantitative estimate of drug-likeness (QED) is 0.145. The molecule has 0 spiro atoms. The molecule has 0 saturated carbocycles. The maximum atomic E-state index is 12.7. The molecule has 48 heavy (non-hydrogen) atoms. The van der Waals surface area contributed by atoms with Crippen molar-refractivity contribution in [2.45, 2.75) is 45.1 Å². The first kappa shape index (κ1) is 33.8. The molecule has 0 aliphatic carbocycles. The van der Waals surface area contributed by atoms with Gasteiger partial charge in [-0.15, -0.1) is 0 Å². The Morgan fingerprint density at radius 1 is 1.08 bits per heavy atom. The Kier molecular flexibility index (Phi) is 10.6. The first-order valence-corrected chi connectivity index (χ1v) is 16.8. The molecule has 1 saturated heterocycles. The Morgan fingerprint density at radius 2 is 1.85 bits per heavy atom. The molecule has 3 atom stereocenters. The van der Waals surface area contributed by atoms with Crippen molar-refractivity contribution in [1.82, 2.24) is 24.9 Å². The molecule has 1 unspecified atom stereocenters. The number of benzene rings is 3. The zero-order valence-electron chi connectivity index (χ0n) is 27.2. The highest BCUT2D eigenvalue weighted by molar-refractivity contribution is 6.35. The van der Waals surface area contributed by atoms with Crippen molar-refractivity contribution in [3.8, 4) is 11.4 Å². The third kappa shape index (κ3) is 7.63. The summed E-state index contributed by atoms with van der Waals surface area (Å²) in [5.74, 6) is -0.371. The first-order chi connectivity index (χ1) is 23.2. The van der Waals surface area contributed by atoms with Crippen molar-refractivity contribution >= 4 is 40.8 Å². The normalized spacial score (nSPS) is 19.5. The van der Waals surface area contributed by atoms with Crippen LogP contribution in [0.1, 0.15) is 37.4 Å². The summed E-state index contributed by atoms with van der Waals surface area (Å²) in [5, 5.41) is 18.1. The van der Waals surface area contributed by atoms with Gasteiger partial charge >= 0.3 is 5.69 Å². The standard InChI is InChI=1S/C34H40Cl2N8O4/c1-4-24(3)44-33(45)42(22-41-44)28-9-6-26(7-10-28)37-13-14-38-27-8-12-32(23(2)17-27)46-19-29-20-47-34(48-29,21-43-39-15-16-40-43)30-11-5-25(35)18-31(30)36/h5-12,15,17-18,22,24,29,37-38,40H,4,13-14,16,19-21H2,1-3H3/t24?,29-,34-/m1/s1. The average molecular weight is 696 g/mol. The molecule has 2 aliphatic heterocycles. The second kappa shape index (κ2) is 15.0. The number of ether oxygens (including phenoxy) is 3. The van der Waals surface area contributed by atoms with E-state index >= 15 is 0 Å². The lowest BCUT2D eigenvalue weighted by molar-refractivity contribution is -0.195. The van der Waals surface area contributed by atoms with Crippen molar-refractivity contribution in [3.63, 3.8) is 0 Å². The highest BCUT2D eigenvalue weighted by atomic mass is 35.5. The van der Waals surface area contributed by atoms with Crippen LogP contribution >= 0.6 is 23.2 Å². The molecule has 0 radical (unpaired) electrons. The van der Waals surface area contributed by atoms with Crippen LogP contribution in [0.2, 0.25) is 10.0 Å². The van der Waals surface area contributed by atoms with Crippen molar-refractivity contribution in [2.24, 2.45) is 5.10 Å². The van der Waals surface area contributed by atoms with Crippen LogP contribution in [-0.2, 0) is 15.3 Å². The highest BCUT2D eigenvalue weighted by Gasteiger charge is 2.46. The molecule has 6 rings (SSSR count). The second-order valence-electron chi connectivity index (χ2n) is 11.8. The van der Waals surface area contributed by atoms with E-state index in [1.165, 1.54) is 4.68 Å². The van der Waals surface area contributed by atoms with Crippen LogP contribution in [0.25, 0.3) is 5.69 Å². The number of hydrazine groups is 1. The van der Waals surface area contributed by atoms with Gasteiger partial charge in [-0.05, 0) is 80.4 Å². The van der Waals surface area contributed by atoms with Gasteiger partial charge in [0.15, 0.2) is 0 Å². The van der Waals surface area contributed by atoms with E-state index in [-0.39, 0.29) is 17.8 Å². The molecular weight excluding hydrogens is 655 g/mol. The van der Waals surface area contributed by atoms with Gasteiger partial charge in [-0.1, -0.05) is 36.2 Å². The Morgan fingerprint density at radius 3 is 2.56 bits per heavy atom. The zero-order valence-corrected chi connectivity index (χ0v) is 28.7. The van der Waals surface area contributed by atoms with Crippen LogP contribution in [0.5, 0.6) is 5.75 Å². The van der Waals surface area contributed by atoms with Crippen LogP contribution < -0.4 is 26.5 Å². The summed E-state index contributed by atoms with van der Waals surface area (Å²) in [6.45, 7) is 9.01. The van der Waals surface area contributed by atoms with Gasteiger partial charge < -0.3 is 24.8 Å². The minimum Gasteiger partial charge on any atom is -0.491 e. The lowest BCUT2D eigenvalue weighted by atomic mass is 10.1. The summed E-state index contributed by atoms with van der Waals surface area (Å²) in [6, 6.07) is 19.1. The average Bonchev–Trinajstić information content (AvgIpc) is 3.84. The first-order valence-electron chi connectivity index (χ1n) is 16.0. The molecule has 1 aromatic heterocycles. The third-order valence-electron chi connectivity index (χ3n) is 8.38. The van der Waals surface area contributed by atoms with E-state index in [2.05, 4.69) is 32.3 Å². The van der Waals surface area contributed by atoms with Crippen LogP contribution in [0.4, 0.5) is 11.4 Å². The van der Waals surface area contributed by atoms with Crippen LogP contribution in [0.15, 0.2) is 76.9 Å². The summed E-state index contributed by atoms with van der Waals surface area (Å²) in [4.78, 5) is 12.7. The van der Waals surface area contributed by atoms with Crippen molar-refractivity contribution in [1.29, 1.82) is 0 Å². The Balaban J connectivity index is 0.985. The van der Waals surface area contributed by atoms with Crippen LogP contribution in [0.3, 0.4) is 0 Å². The Labute approximate surface area is 289 Å². The minimum absolute atomic E-state index is 0.0583. The predicted octanol–water partition coefficient (Wildman–Crippen LogP) is 5.60. The summed E-state index contributed by atoms with van der Waals surface area (Å²) in [5.41, 5.74) is 7.44. The number of halogens is 2. The predicted molar refractivity (Wildman–Crippen MR) is 189 cm³/mol. The summed E-state index contributed by atoms with van der Waals surface area (Å²) < 4.78 is 22.0. The largest absolute Gasteiger partial charge is 0.491 e. The van der Waals surface area contributed by atoms with Gasteiger partial charge in [0.2, 0.25) is 5.79 Å². The minimum atomic E-state index is -1.14. The zero-order chi connectivity index (χ0) is 33.7. The molecule has 3 heterocycles. The van der Waals surface area contributed by atoms with E-state index in [1.54, 1.807) is 34.4 Å². The highest BCUT2D eigenvalue weighted by Crippen LogP contribution is 2.40. The molecule has 1 fully saturated rings. The summed E-state index contributed by atoms with van der Waals surface area (Å²) >= 11 is 12.7. The molecule has 12 nitrogen and oxygen atoms in total. The third-order valence-corrected chi connectivity index (χ3v) is 8.92. The summed E-state index contributed by atoms with van der Waals surface area (Å²) in [7, 11) is 0. The van der Waals surface area contributed by atoms with E-state index in [9.17, 15) is 4.79 Å².